The Labute approximate surface area is 310 Å². The lowest BCUT2D eigenvalue weighted by Crippen LogP contribution is -2.50. The van der Waals surface area contributed by atoms with Gasteiger partial charge in [0.1, 0.15) is 31.1 Å². The second-order valence-corrected chi connectivity index (χ2v) is 13.4. The molecule has 0 aromatic heterocycles. The zero-order valence-corrected chi connectivity index (χ0v) is 30.6. The highest BCUT2D eigenvalue weighted by atomic mass is 16.7. The molecule has 4 aliphatic rings. The van der Waals surface area contributed by atoms with E-state index in [9.17, 15) is 28.8 Å². The maximum atomic E-state index is 12.6. The monoisotopic (exact) mass is 736 g/mol. The number of carboxylic acid groups (broad SMARTS) is 1. The summed E-state index contributed by atoms with van der Waals surface area (Å²) in [6, 6.07) is 17.3. The van der Waals surface area contributed by atoms with Crippen LogP contribution >= 0.6 is 0 Å². The third kappa shape index (κ3) is 11.3. The predicted molar refractivity (Wildman–Crippen MR) is 193 cm³/mol. The molecular formula is C38H52N6O9. The van der Waals surface area contributed by atoms with Crippen LogP contribution in [-0.2, 0) is 42.1 Å². The molecule has 0 aliphatic carbocycles. The highest BCUT2D eigenvalue weighted by molar-refractivity contribution is 5.91. The Morgan fingerprint density at radius 1 is 0.717 bits per heavy atom. The fourth-order valence-corrected chi connectivity index (χ4v) is 6.61. The number of hydrogen-bond acceptors (Lipinski definition) is 9. The van der Waals surface area contributed by atoms with Crippen LogP contribution in [0.1, 0.15) is 76.3 Å². The third-order valence-electron chi connectivity index (χ3n) is 9.40. The number of carbonyl (C=O) groups excluding carboxylic acids is 5. The molecule has 0 radical (unpaired) electrons. The Bertz CT molecular complexity index is 1550. The lowest BCUT2D eigenvalue weighted by molar-refractivity contribution is -0.143. The summed E-state index contributed by atoms with van der Waals surface area (Å²) in [7, 11) is 0. The van der Waals surface area contributed by atoms with Gasteiger partial charge in [-0.2, -0.15) is 10.1 Å². The smallest absolute Gasteiger partial charge is 0.345 e. The van der Waals surface area contributed by atoms with Gasteiger partial charge in [-0.3, -0.25) is 24.1 Å². The molecule has 4 atom stereocenters. The average Bonchev–Trinajstić information content (AvgIpc) is 3.55. The Kier molecular flexibility index (Phi) is 15.7. The molecule has 288 valence electrons. The van der Waals surface area contributed by atoms with Crippen molar-refractivity contribution in [2.45, 2.75) is 103 Å². The van der Waals surface area contributed by atoms with E-state index in [0.29, 0.717) is 64.8 Å². The van der Waals surface area contributed by atoms with Gasteiger partial charge in [-0.15, -0.1) is 0 Å². The summed E-state index contributed by atoms with van der Waals surface area (Å²) < 4.78 is 0. The largest absolute Gasteiger partial charge is 0.480 e. The number of carboxylic acids is 1. The number of fused-ring (bicyclic) bond motifs is 4. The van der Waals surface area contributed by atoms with E-state index < -0.39 is 18.1 Å². The number of piperidine rings is 2. The normalized spacial score (nSPS) is 21.3. The van der Waals surface area contributed by atoms with Gasteiger partial charge < -0.3 is 26.0 Å². The number of aliphatic carboxylic acids is 1. The van der Waals surface area contributed by atoms with Crippen molar-refractivity contribution >= 4 is 35.5 Å². The first kappa shape index (κ1) is 40.9. The van der Waals surface area contributed by atoms with Crippen LogP contribution < -0.4 is 11.1 Å². The van der Waals surface area contributed by atoms with E-state index in [-0.39, 0.29) is 54.7 Å². The zero-order valence-electron chi connectivity index (χ0n) is 30.6. The molecule has 0 saturated carbocycles. The van der Waals surface area contributed by atoms with Gasteiger partial charge in [-0.1, -0.05) is 74.5 Å². The van der Waals surface area contributed by atoms with Crippen molar-refractivity contribution < 1.29 is 43.5 Å². The molecule has 5 amide bonds. The standard InChI is InChI=1S/C19H25N3O4.C14H16N2O4.C5H11NO/c1-2-6-16(23)11-20-18(24)17-10-9-15-12-21(17)19(25)22(15)26-13-14-7-4-3-5-8-14;17-13(18)12-7-6-11-8-15(12)14(19)16(11)20-9-10-4-2-1-3-5-10;1-2-3-5(7)4-6/h3-5,7-8,15,17H,2,6,9-13H2,1H3,(H,20,24);1-5,11-12H,6-9H2,(H,17,18);2-4,6H2,1H3/t15-,17+;11-,12+;/m11./s1. The summed E-state index contributed by atoms with van der Waals surface area (Å²) in [5.41, 5.74) is 6.97. The number of benzene rings is 2. The van der Waals surface area contributed by atoms with Crippen molar-refractivity contribution in [1.82, 2.24) is 25.2 Å². The number of Topliss-reactive ketones (excluding diaryl/α,β-unsaturated/α-hetero) is 2. The zero-order chi connectivity index (χ0) is 38.3. The molecule has 0 unspecified atom stereocenters. The van der Waals surface area contributed by atoms with Gasteiger partial charge in [0.05, 0.1) is 25.2 Å². The number of nitrogens with two attached hydrogens (primary N) is 1. The van der Waals surface area contributed by atoms with Crippen LogP contribution in [0.25, 0.3) is 0 Å². The number of hydrogen-bond donors (Lipinski definition) is 3. The molecule has 2 aromatic carbocycles. The van der Waals surface area contributed by atoms with Crippen LogP contribution in [0.3, 0.4) is 0 Å². The van der Waals surface area contributed by atoms with Gasteiger partial charge in [0, 0.05) is 25.9 Å². The second kappa shape index (κ2) is 20.4. The number of rotatable bonds is 15. The Balaban J connectivity index is 0.000000205. The molecule has 4 fully saturated rings. The summed E-state index contributed by atoms with van der Waals surface area (Å²) >= 11 is 0. The fourth-order valence-electron chi connectivity index (χ4n) is 6.61. The number of nitrogens with zero attached hydrogens (tertiary/aromatic N) is 4. The number of carbonyl (C=O) groups is 6. The molecule has 4 heterocycles. The quantitative estimate of drug-likeness (QED) is 0.243. The summed E-state index contributed by atoms with van der Waals surface area (Å²) in [4.78, 5) is 84.5. The highest BCUT2D eigenvalue weighted by Crippen LogP contribution is 2.31. The van der Waals surface area contributed by atoms with Crippen LogP contribution in [0.2, 0.25) is 0 Å². The van der Waals surface area contributed by atoms with E-state index >= 15 is 0 Å². The van der Waals surface area contributed by atoms with Crippen molar-refractivity contribution in [1.29, 1.82) is 0 Å². The first-order chi connectivity index (χ1) is 25.6. The number of amides is 5. The minimum Gasteiger partial charge on any atom is -0.480 e. The molecule has 15 heteroatoms. The first-order valence-corrected chi connectivity index (χ1v) is 18.3. The van der Waals surface area contributed by atoms with E-state index in [0.717, 1.165) is 24.0 Å². The number of urea groups is 2. The van der Waals surface area contributed by atoms with E-state index in [1.54, 1.807) is 4.90 Å². The highest BCUT2D eigenvalue weighted by Gasteiger charge is 2.49. The summed E-state index contributed by atoms with van der Waals surface area (Å²) in [5.74, 6) is -1.04. The van der Waals surface area contributed by atoms with E-state index in [1.807, 2.05) is 74.5 Å². The molecule has 6 rings (SSSR count). The molecule has 2 aromatic rings. The second-order valence-electron chi connectivity index (χ2n) is 13.4. The minimum absolute atomic E-state index is 0.00936. The van der Waals surface area contributed by atoms with Gasteiger partial charge in [0.15, 0.2) is 5.78 Å². The first-order valence-electron chi connectivity index (χ1n) is 18.3. The van der Waals surface area contributed by atoms with Gasteiger partial charge in [0.2, 0.25) is 5.91 Å². The molecule has 0 spiro atoms. The lowest BCUT2D eigenvalue weighted by atomic mass is 10.0. The van der Waals surface area contributed by atoms with Crippen molar-refractivity contribution in [3.8, 4) is 0 Å². The fraction of sp³-hybridized carbons (Fsp3) is 0.526. The van der Waals surface area contributed by atoms with Crippen LogP contribution in [0.15, 0.2) is 60.7 Å². The van der Waals surface area contributed by atoms with Gasteiger partial charge in [-0.05, 0) is 49.7 Å². The van der Waals surface area contributed by atoms with Crippen molar-refractivity contribution in [3.63, 3.8) is 0 Å². The van der Waals surface area contributed by atoms with Gasteiger partial charge in [0.25, 0.3) is 0 Å². The van der Waals surface area contributed by atoms with Crippen LogP contribution in [0.4, 0.5) is 9.59 Å². The molecule has 4 aliphatic heterocycles. The maximum Gasteiger partial charge on any atom is 0.345 e. The molecule has 4 N–H and O–H groups in total. The summed E-state index contributed by atoms with van der Waals surface area (Å²) in [5, 5.41) is 14.5. The van der Waals surface area contributed by atoms with E-state index in [2.05, 4.69) is 5.32 Å². The Morgan fingerprint density at radius 3 is 1.60 bits per heavy atom. The molecule has 15 nitrogen and oxygen atoms in total. The van der Waals surface area contributed by atoms with Crippen molar-refractivity contribution in [3.05, 3.63) is 71.8 Å². The number of ketones is 2. The Morgan fingerprint density at radius 2 is 1.17 bits per heavy atom. The van der Waals surface area contributed by atoms with Crippen molar-refractivity contribution in [2.24, 2.45) is 5.73 Å². The minimum atomic E-state index is -0.943. The molecule has 53 heavy (non-hydrogen) atoms. The van der Waals surface area contributed by atoms with Crippen LogP contribution in [0, 0.1) is 0 Å². The summed E-state index contributed by atoms with van der Waals surface area (Å²) in [6.45, 7) is 5.67. The maximum absolute atomic E-state index is 12.6. The molecular weight excluding hydrogens is 684 g/mol. The van der Waals surface area contributed by atoms with Crippen molar-refractivity contribution in [2.75, 3.05) is 26.2 Å². The third-order valence-corrected chi connectivity index (χ3v) is 9.40. The predicted octanol–water partition coefficient (Wildman–Crippen LogP) is 3.66. The topological polar surface area (TPSA) is 192 Å². The van der Waals surface area contributed by atoms with E-state index in [4.69, 9.17) is 20.5 Å². The van der Waals surface area contributed by atoms with E-state index in [1.165, 1.54) is 15.0 Å². The molecule has 4 bridgehead atoms. The summed E-state index contributed by atoms with van der Waals surface area (Å²) in [6.07, 6.45) is 5.19. The lowest BCUT2D eigenvalue weighted by Gasteiger charge is -2.29. The average molecular weight is 737 g/mol. The Hall–Kier alpha value is -4.86. The van der Waals surface area contributed by atoms with Gasteiger partial charge >= 0.3 is 18.0 Å². The molecule has 4 saturated heterocycles. The number of nitrogens with one attached hydrogen (secondary N) is 1. The van der Waals surface area contributed by atoms with Crippen LogP contribution in [-0.4, -0.2) is 111 Å². The number of hydroxylamine groups is 4. The van der Waals surface area contributed by atoms with Crippen LogP contribution in [0.5, 0.6) is 0 Å². The van der Waals surface area contributed by atoms with Gasteiger partial charge in [-0.25, -0.2) is 14.4 Å². The SMILES string of the molecule is CCCC(=O)CN.CCCC(=O)CNC(=O)[C@@H]1CC[C@@H]2CN1C(=O)N2OCc1ccccc1.O=C(O)[C@@H]1CC[C@@H]2CN1C(=O)N2OCc1ccccc1.